The number of hydrogen-bond donors (Lipinski definition) is 0. The van der Waals surface area contributed by atoms with Crippen molar-refractivity contribution in [2.45, 2.75) is 13.5 Å². The summed E-state index contributed by atoms with van der Waals surface area (Å²) in [4.78, 5) is 17.6. The smallest absolute Gasteiger partial charge is 0.273 e. The van der Waals surface area contributed by atoms with E-state index in [4.69, 9.17) is 4.74 Å². The summed E-state index contributed by atoms with van der Waals surface area (Å²) in [7, 11) is 2.03. The van der Waals surface area contributed by atoms with E-state index in [0.717, 1.165) is 25.2 Å². The number of para-hydroxylation sites is 1. The molecule has 4 rings (SSSR count). The molecular formula is C24H23BrF3N3O2. The lowest BCUT2D eigenvalue weighted by Gasteiger charge is -2.35. The zero-order chi connectivity index (χ0) is 23.7. The predicted molar refractivity (Wildman–Crippen MR) is 125 cm³/mol. The van der Waals surface area contributed by atoms with Crippen LogP contribution in [0.1, 0.15) is 11.3 Å². The number of rotatable bonds is 5. The molecule has 0 radical (unpaired) electrons. The van der Waals surface area contributed by atoms with E-state index in [-0.39, 0.29) is 28.1 Å². The van der Waals surface area contributed by atoms with E-state index < -0.39 is 23.0 Å². The van der Waals surface area contributed by atoms with Crippen molar-refractivity contribution in [3.8, 4) is 11.4 Å². The first kappa shape index (κ1) is 23.4. The van der Waals surface area contributed by atoms with Gasteiger partial charge >= 0.3 is 0 Å². The third-order valence-corrected chi connectivity index (χ3v) is 6.46. The summed E-state index contributed by atoms with van der Waals surface area (Å²) >= 11 is 3.26. The van der Waals surface area contributed by atoms with Gasteiger partial charge in [0, 0.05) is 49.6 Å². The fraction of sp³-hybridized carbons (Fsp3) is 0.292. The molecular weight excluding hydrogens is 499 g/mol. The zero-order valence-corrected chi connectivity index (χ0v) is 19.8. The Kier molecular flexibility index (Phi) is 6.81. The van der Waals surface area contributed by atoms with Crippen LogP contribution in [0.3, 0.4) is 0 Å². The van der Waals surface area contributed by atoms with Gasteiger partial charge in [-0.2, -0.15) is 0 Å². The van der Waals surface area contributed by atoms with Crippen LogP contribution in [0.4, 0.5) is 18.9 Å². The van der Waals surface area contributed by atoms with E-state index >= 15 is 4.39 Å². The Balaban J connectivity index is 1.70. The van der Waals surface area contributed by atoms with Crippen LogP contribution in [-0.2, 0) is 6.61 Å². The molecule has 1 fully saturated rings. The van der Waals surface area contributed by atoms with Gasteiger partial charge < -0.3 is 14.5 Å². The van der Waals surface area contributed by atoms with Crippen LogP contribution in [0.15, 0.2) is 51.7 Å². The number of likely N-dealkylation sites (N-methyl/N-ethyl adjacent to an activating group) is 1. The molecule has 0 saturated carbocycles. The lowest BCUT2D eigenvalue weighted by molar-refractivity contribution is 0.296. The van der Waals surface area contributed by atoms with Crippen molar-refractivity contribution >= 4 is 21.6 Å². The normalized spacial score (nSPS) is 14.5. The molecule has 0 aliphatic carbocycles. The van der Waals surface area contributed by atoms with Crippen molar-refractivity contribution in [1.82, 2.24) is 9.47 Å². The zero-order valence-electron chi connectivity index (χ0n) is 18.2. The molecule has 174 valence electrons. The summed E-state index contributed by atoms with van der Waals surface area (Å²) in [6.45, 7) is 4.58. The standard InChI is InChI=1S/C24H23BrF3N3O2/c1-15-12-21(33-14-16-6-7-17(26)13-19(16)28)22(25)24(32)31(15)23-18(27)4-3-5-20(23)30-10-8-29(2)9-11-30/h3-7,12-13H,8-11,14H2,1-2H3. The molecule has 1 saturated heterocycles. The van der Waals surface area contributed by atoms with Crippen molar-refractivity contribution < 1.29 is 17.9 Å². The van der Waals surface area contributed by atoms with Gasteiger partial charge in [-0.15, -0.1) is 0 Å². The highest BCUT2D eigenvalue weighted by Crippen LogP contribution is 2.31. The summed E-state index contributed by atoms with van der Waals surface area (Å²) in [6.07, 6.45) is 0. The Labute approximate surface area is 198 Å². The summed E-state index contributed by atoms with van der Waals surface area (Å²) in [5.41, 5.74) is 0.934. The predicted octanol–water partition coefficient (Wildman–Crippen LogP) is 4.66. The third kappa shape index (κ3) is 4.79. The summed E-state index contributed by atoms with van der Waals surface area (Å²) in [5, 5.41) is 0. The van der Waals surface area contributed by atoms with Crippen LogP contribution < -0.4 is 15.2 Å². The van der Waals surface area contributed by atoms with E-state index in [1.165, 1.54) is 16.7 Å². The topological polar surface area (TPSA) is 37.7 Å². The van der Waals surface area contributed by atoms with Crippen LogP contribution in [-0.4, -0.2) is 42.7 Å². The molecule has 0 amide bonds. The van der Waals surface area contributed by atoms with E-state index in [1.54, 1.807) is 19.1 Å². The molecule has 0 unspecified atom stereocenters. The number of aromatic nitrogens is 1. The highest BCUT2D eigenvalue weighted by molar-refractivity contribution is 9.10. The summed E-state index contributed by atoms with van der Waals surface area (Å²) in [5.74, 6) is -1.74. The lowest BCUT2D eigenvalue weighted by Crippen LogP contribution is -2.45. The largest absolute Gasteiger partial charge is 0.487 e. The molecule has 0 atom stereocenters. The second-order valence-corrected chi connectivity index (χ2v) is 8.82. The van der Waals surface area contributed by atoms with Crippen LogP contribution in [0, 0.1) is 24.4 Å². The van der Waals surface area contributed by atoms with Crippen LogP contribution in [0.5, 0.6) is 5.75 Å². The minimum Gasteiger partial charge on any atom is -0.487 e. The molecule has 0 N–H and O–H groups in total. The number of aryl methyl sites for hydroxylation is 1. The van der Waals surface area contributed by atoms with E-state index in [0.29, 0.717) is 24.5 Å². The van der Waals surface area contributed by atoms with Gasteiger partial charge in [0.2, 0.25) is 0 Å². The molecule has 1 aliphatic heterocycles. The monoisotopic (exact) mass is 521 g/mol. The molecule has 9 heteroatoms. The van der Waals surface area contributed by atoms with Gasteiger partial charge in [0.1, 0.15) is 40.0 Å². The minimum absolute atomic E-state index is 0.0863. The second kappa shape index (κ2) is 9.61. The van der Waals surface area contributed by atoms with E-state index in [2.05, 4.69) is 25.7 Å². The van der Waals surface area contributed by atoms with Gasteiger partial charge in [0.15, 0.2) is 0 Å². The number of benzene rings is 2. The van der Waals surface area contributed by atoms with Crippen molar-refractivity contribution in [2.24, 2.45) is 0 Å². The summed E-state index contributed by atoms with van der Waals surface area (Å²) < 4.78 is 49.2. The lowest BCUT2D eigenvalue weighted by atomic mass is 10.2. The van der Waals surface area contributed by atoms with E-state index in [9.17, 15) is 13.6 Å². The quantitative estimate of drug-likeness (QED) is 0.489. The van der Waals surface area contributed by atoms with Gasteiger partial charge in [-0.1, -0.05) is 6.07 Å². The number of piperazine rings is 1. The highest BCUT2D eigenvalue weighted by Gasteiger charge is 2.23. The Hall–Kier alpha value is -2.78. The maximum absolute atomic E-state index is 15.1. The Morgan fingerprint density at radius 1 is 1.00 bits per heavy atom. The van der Waals surface area contributed by atoms with Gasteiger partial charge in [0.25, 0.3) is 5.56 Å². The SMILES string of the molecule is Cc1cc(OCc2ccc(F)cc2F)c(Br)c(=O)n1-c1c(F)cccc1N1CCN(C)CC1. The van der Waals surface area contributed by atoms with E-state index in [1.807, 2.05) is 13.1 Å². The van der Waals surface area contributed by atoms with Crippen molar-refractivity contribution in [3.63, 3.8) is 0 Å². The fourth-order valence-corrected chi connectivity index (χ4v) is 4.29. The number of halogens is 4. The minimum atomic E-state index is -0.737. The van der Waals surface area contributed by atoms with Gasteiger partial charge in [-0.05, 0) is 54.2 Å². The molecule has 2 heterocycles. The molecule has 5 nitrogen and oxygen atoms in total. The maximum Gasteiger partial charge on any atom is 0.273 e. The Morgan fingerprint density at radius 3 is 2.42 bits per heavy atom. The van der Waals surface area contributed by atoms with Gasteiger partial charge in [-0.3, -0.25) is 9.36 Å². The third-order valence-electron chi connectivity index (χ3n) is 5.73. The first-order valence-corrected chi connectivity index (χ1v) is 11.3. The fourth-order valence-electron chi connectivity index (χ4n) is 3.89. The molecule has 33 heavy (non-hydrogen) atoms. The first-order valence-electron chi connectivity index (χ1n) is 10.5. The first-order chi connectivity index (χ1) is 15.8. The number of ether oxygens (including phenoxy) is 1. The highest BCUT2D eigenvalue weighted by atomic mass is 79.9. The molecule has 0 spiro atoms. The molecule has 1 aromatic heterocycles. The number of nitrogens with zero attached hydrogens (tertiary/aromatic N) is 3. The average Bonchev–Trinajstić information content (AvgIpc) is 2.78. The van der Waals surface area contributed by atoms with Gasteiger partial charge in [0.05, 0.1) is 5.69 Å². The Morgan fingerprint density at radius 2 is 1.73 bits per heavy atom. The number of anilines is 1. The Bertz CT molecular complexity index is 1240. The number of hydrogen-bond acceptors (Lipinski definition) is 4. The molecule has 0 bridgehead atoms. The molecule has 3 aromatic rings. The maximum atomic E-state index is 15.1. The molecule has 1 aliphatic rings. The van der Waals surface area contributed by atoms with Crippen molar-refractivity contribution in [2.75, 3.05) is 38.1 Å². The van der Waals surface area contributed by atoms with Crippen molar-refractivity contribution in [1.29, 1.82) is 0 Å². The second-order valence-electron chi connectivity index (χ2n) is 8.03. The van der Waals surface area contributed by atoms with Crippen LogP contribution in [0.2, 0.25) is 0 Å². The van der Waals surface area contributed by atoms with Crippen LogP contribution in [0.25, 0.3) is 5.69 Å². The van der Waals surface area contributed by atoms with Crippen molar-refractivity contribution in [3.05, 3.63) is 86.0 Å². The average molecular weight is 522 g/mol. The van der Waals surface area contributed by atoms with Gasteiger partial charge in [-0.25, -0.2) is 13.2 Å². The number of pyridine rings is 1. The summed E-state index contributed by atoms with van der Waals surface area (Å²) in [6, 6.07) is 9.56. The van der Waals surface area contributed by atoms with Crippen LogP contribution >= 0.6 is 15.9 Å². The molecule has 2 aromatic carbocycles.